The van der Waals surface area contributed by atoms with E-state index >= 15 is 0 Å². The molecule has 24 heavy (non-hydrogen) atoms. The highest BCUT2D eigenvalue weighted by Gasteiger charge is 2.23. The highest BCUT2D eigenvalue weighted by molar-refractivity contribution is 5.74. The number of carbonyl (C=O) groups is 2. The van der Waals surface area contributed by atoms with Gasteiger partial charge in [-0.3, -0.25) is 4.79 Å². The van der Waals surface area contributed by atoms with Crippen LogP contribution in [0.3, 0.4) is 0 Å². The Bertz CT molecular complexity index is 525. The van der Waals surface area contributed by atoms with Crippen molar-refractivity contribution in [2.45, 2.75) is 51.5 Å². The minimum atomic E-state index is -0.828. The van der Waals surface area contributed by atoms with Gasteiger partial charge in [0.15, 0.2) is 0 Å². The first-order chi connectivity index (χ1) is 11.6. The lowest BCUT2D eigenvalue weighted by Gasteiger charge is -2.33. The standard InChI is InChI=1S/C19H28N2O3/c1-2-15-10-12-21(13-11-15)19(24)20-17(8-9-18(22)23)14-16-6-4-3-5-7-16/h3-7,15,17H,2,8-14H2,1H3,(H,20,24)(H,22,23). The summed E-state index contributed by atoms with van der Waals surface area (Å²) in [5.74, 6) is -0.104. The Morgan fingerprint density at radius 1 is 1.25 bits per heavy atom. The summed E-state index contributed by atoms with van der Waals surface area (Å²) in [6.45, 7) is 3.78. The average molecular weight is 332 g/mol. The Balaban J connectivity index is 1.91. The molecule has 1 atom stereocenters. The van der Waals surface area contributed by atoms with Gasteiger partial charge in [-0.15, -0.1) is 0 Å². The number of nitrogens with one attached hydrogen (secondary N) is 1. The second-order valence-corrected chi connectivity index (χ2v) is 6.61. The van der Waals surface area contributed by atoms with Crippen molar-refractivity contribution in [2.75, 3.05) is 13.1 Å². The molecule has 2 rings (SSSR count). The highest BCUT2D eigenvalue weighted by atomic mass is 16.4. The molecule has 1 aliphatic rings. The molecule has 1 saturated heterocycles. The number of hydrogen-bond acceptors (Lipinski definition) is 2. The number of carboxylic acids is 1. The monoisotopic (exact) mass is 332 g/mol. The first-order valence-corrected chi connectivity index (χ1v) is 8.89. The molecule has 1 aromatic carbocycles. The predicted octanol–water partition coefficient (Wildman–Crippen LogP) is 3.29. The molecule has 2 amide bonds. The number of benzene rings is 1. The number of likely N-dealkylation sites (tertiary alicyclic amines) is 1. The molecule has 1 unspecified atom stereocenters. The van der Waals surface area contributed by atoms with Gasteiger partial charge in [-0.25, -0.2) is 4.79 Å². The number of amides is 2. The molecule has 132 valence electrons. The number of carbonyl (C=O) groups excluding carboxylic acids is 1. The van der Waals surface area contributed by atoms with E-state index in [1.54, 1.807) is 0 Å². The van der Waals surface area contributed by atoms with Crippen LogP contribution in [-0.2, 0) is 11.2 Å². The summed E-state index contributed by atoms with van der Waals surface area (Å²) in [7, 11) is 0. The van der Waals surface area contributed by atoms with Crippen molar-refractivity contribution in [3.05, 3.63) is 35.9 Å². The fourth-order valence-corrected chi connectivity index (χ4v) is 3.23. The van der Waals surface area contributed by atoms with E-state index in [0.29, 0.717) is 12.8 Å². The molecule has 0 aromatic heterocycles. The Morgan fingerprint density at radius 3 is 2.50 bits per heavy atom. The van der Waals surface area contributed by atoms with E-state index in [2.05, 4.69) is 12.2 Å². The first-order valence-electron chi connectivity index (χ1n) is 8.89. The Hall–Kier alpha value is -2.04. The van der Waals surface area contributed by atoms with E-state index in [9.17, 15) is 9.59 Å². The normalized spacial score (nSPS) is 16.6. The summed E-state index contributed by atoms with van der Waals surface area (Å²) in [6, 6.07) is 9.67. The van der Waals surface area contributed by atoms with Crippen molar-refractivity contribution in [3.63, 3.8) is 0 Å². The molecule has 1 aliphatic heterocycles. The third-order valence-electron chi connectivity index (χ3n) is 4.84. The topological polar surface area (TPSA) is 69.6 Å². The second-order valence-electron chi connectivity index (χ2n) is 6.61. The molecular weight excluding hydrogens is 304 g/mol. The maximum absolute atomic E-state index is 12.5. The molecule has 5 heteroatoms. The minimum Gasteiger partial charge on any atom is -0.481 e. The van der Waals surface area contributed by atoms with Gasteiger partial charge in [0.1, 0.15) is 0 Å². The first kappa shape index (κ1) is 18.3. The van der Waals surface area contributed by atoms with Crippen molar-refractivity contribution < 1.29 is 14.7 Å². The Labute approximate surface area is 144 Å². The van der Waals surface area contributed by atoms with Gasteiger partial charge in [0.05, 0.1) is 0 Å². The molecule has 0 saturated carbocycles. The summed E-state index contributed by atoms with van der Waals surface area (Å²) in [6.07, 6.45) is 4.46. The summed E-state index contributed by atoms with van der Waals surface area (Å²) >= 11 is 0. The van der Waals surface area contributed by atoms with E-state index in [0.717, 1.165) is 37.4 Å². The third kappa shape index (κ3) is 5.87. The lowest BCUT2D eigenvalue weighted by atomic mass is 9.94. The van der Waals surface area contributed by atoms with E-state index < -0.39 is 5.97 Å². The third-order valence-corrected chi connectivity index (χ3v) is 4.84. The number of piperidine rings is 1. The van der Waals surface area contributed by atoms with Crippen LogP contribution in [0.1, 0.15) is 44.6 Å². The van der Waals surface area contributed by atoms with Crippen molar-refractivity contribution in [3.8, 4) is 0 Å². The molecular formula is C19H28N2O3. The highest BCUT2D eigenvalue weighted by Crippen LogP contribution is 2.20. The predicted molar refractivity (Wildman–Crippen MR) is 93.9 cm³/mol. The smallest absolute Gasteiger partial charge is 0.317 e. The Morgan fingerprint density at radius 2 is 1.92 bits per heavy atom. The summed E-state index contributed by atoms with van der Waals surface area (Å²) in [5, 5.41) is 12.0. The minimum absolute atomic E-state index is 0.0594. The van der Waals surface area contributed by atoms with Crippen LogP contribution in [0.25, 0.3) is 0 Å². The number of hydrogen-bond donors (Lipinski definition) is 2. The molecule has 0 aliphatic carbocycles. The molecule has 0 radical (unpaired) electrons. The lowest BCUT2D eigenvalue weighted by molar-refractivity contribution is -0.137. The van der Waals surface area contributed by atoms with Crippen LogP contribution >= 0.6 is 0 Å². The zero-order valence-corrected chi connectivity index (χ0v) is 14.4. The quantitative estimate of drug-likeness (QED) is 0.805. The lowest BCUT2D eigenvalue weighted by Crippen LogP contribution is -2.48. The molecule has 2 N–H and O–H groups in total. The maximum Gasteiger partial charge on any atom is 0.317 e. The fraction of sp³-hybridized carbons (Fsp3) is 0.579. The van der Waals surface area contributed by atoms with Gasteiger partial charge in [0.25, 0.3) is 0 Å². The van der Waals surface area contributed by atoms with Gasteiger partial charge in [-0.05, 0) is 37.2 Å². The molecule has 0 bridgehead atoms. The number of rotatable bonds is 7. The van der Waals surface area contributed by atoms with E-state index in [-0.39, 0.29) is 18.5 Å². The van der Waals surface area contributed by atoms with Gasteiger partial charge >= 0.3 is 12.0 Å². The van der Waals surface area contributed by atoms with Gasteiger partial charge in [-0.2, -0.15) is 0 Å². The van der Waals surface area contributed by atoms with Crippen molar-refractivity contribution in [1.29, 1.82) is 0 Å². The molecule has 1 aromatic rings. The van der Waals surface area contributed by atoms with Crippen LogP contribution in [0.2, 0.25) is 0 Å². The molecule has 1 heterocycles. The van der Waals surface area contributed by atoms with Crippen molar-refractivity contribution >= 4 is 12.0 Å². The van der Waals surface area contributed by atoms with Crippen LogP contribution < -0.4 is 5.32 Å². The van der Waals surface area contributed by atoms with E-state index in [1.165, 1.54) is 6.42 Å². The molecule has 1 fully saturated rings. The van der Waals surface area contributed by atoms with Crippen LogP contribution in [0, 0.1) is 5.92 Å². The number of aliphatic carboxylic acids is 1. The van der Waals surface area contributed by atoms with Crippen LogP contribution in [0.15, 0.2) is 30.3 Å². The Kier molecular flexibility index (Phi) is 7.09. The number of carboxylic acid groups (broad SMARTS) is 1. The fourth-order valence-electron chi connectivity index (χ4n) is 3.23. The van der Waals surface area contributed by atoms with Gasteiger partial charge in [0.2, 0.25) is 0 Å². The van der Waals surface area contributed by atoms with E-state index in [4.69, 9.17) is 5.11 Å². The maximum atomic E-state index is 12.5. The van der Waals surface area contributed by atoms with Crippen LogP contribution in [0.5, 0.6) is 0 Å². The zero-order chi connectivity index (χ0) is 17.4. The van der Waals surface area contributed by atoms with Gasteiger partial charge in [0, 0.05) is 25.6 Å². The van der Waals surface area contributed by atoms with Crippen molar-refractivity contribution in [2.24, 2.45) is 5.92 Å². The van der Waals surface area contributed by atoms with Gasteiger partial charge in [-0.1, -0.05) is 43.7 Å². The summed E-state index contributed by atoms with van der Waals surface area (Å²) in [5.41, 5.74) is 1.11. The van der Waals surface area contributed by atoms with E-state index in [1.807, 2.05) is 35.2 Å². The number of urea groups is 1. The largest absolute Gasteiger partial charge is 0.481 e. The SMILES string of the molecule is CCC1CCN(C(=O)NC(CCC(=O)O)Cc2ccccc2)CC1. The summed E-state index contributed by atoms with van der Waals surface area (Å²) in [4.78, 5) is 25.3. The molecule has 5 nitrogen and oxygen atoms in total. The van der Waals surface area contributed by atoms with Gasteiger partial charge < -0.3 is 15.3 Å². The molecule has 0 spiro atoms. The average Bonchev–Trinajstić information content (AvgIpc) is 2.60. The zero-order valence-electron chi connectivity index (χ0n) is 14.4. The summed E-state index contributed by atoms with van der Waals surface area (Å²) < 4.78 is 0. The van der Waals surface area contributed by atoms with Crippen molar-refractivity contribution in [1.82, 2.24) is 10.2 Å². The second kappa shape index (κ2) is 9.30. The van der Waals surface area contributed by atoms with Crippen LogP contribution in [-0.4, -0.2) is 41.1 Å². The van der Waals surface area contributed by atoms with Crippen LogP contribution in [0.4, 0.5) is 4.79 Å². The number of nitrogens with zero attached hydrogens (tertiary/aromatic N) is 1.